The summed E-state index contributed by atoms with van der Waals surface area (Å²) in [6, 6.07) is 4.42. The van der Waals surface area contributed by atoms with Gasteiger partial charge in [-0.25, -0.2) is 4.79 Å². The van der Waals surface area contributed by atoms with E-state index in [2.05, 4.69) is 25.9 Å². The van der Waals surface area contributed by atoms with Crippen molar-refractivity contribution in [3.8, 4) is 5.75 Å². The molecule has 202 valence electrons. The van der Waals surface area contributed by atoms with E-state index in [0.29, 0.717) is 22.2 Å². The topological polar surface area (TPSA) is 130 Å². The lowest BCUT2D eigenvalue weighted by atomic mass is 10.0. The Morgan fingerprint density at radius 2 is 2.11 bits per heavy atom. The van der Waals surface area contributed by atoms with Crippen LogP contribution in [0.25, 0.3) is 0 Å². The minimum absolute atomic E-state index is 0.0536. The predicted octanol–water partition coefficient (Wildman–Crippen LogP) is 2.68. The maximum Gasteiger partial charge on any atom is 0.442 e. The number of fused-ring (bicyclic) bond motifs is 2. The molecule has 3 aliphatic rings. The summed E-state index contributed by atoms with van der Waals surface area (Å²) in [6.45, 7) is 1.83. The first-order valence-electron chi connectivity index (χ1n) is 11.5. The molecule has 2 N–H and O–H groups in total. The summed E-state index contributed by atoms with van der Waals surface area (Å²) >= 11 is 2.06. The molecule has 10 nitrogen and oxygen atoms in total. The Balaban J connectivity index is 1.37. The molecule has 3 atom stereocenters. The van der Waals surface area contributed by atoms with Crippen LogP contribution in [0.3, 0.4) is 0 Å². The van der Waals surface area contributed by atoms with Crippen LogP contribution in [0.2, 0.25) is 0 Å². The average molecular weight is 587 g/mol. The number of hydrogen-bond acceptors (Lipinski definition) is 10. The number of aryl methyl sites for hydroxylation is 2. The van der Waals surface area contributed by atoms with Gasteiger partial charge in [-0.15, -0.1) is 22.0 Å². The predicted molar refractivity (Wildman–Crippen MR) is 134 cm³/mol. The summed E-state index contributed by atoms with van der Waals surface area (Å²) in [5, 5.41) is 15.5. The minimum Gasteiger partial charge on any atom is -0.422 e. The van der Waals surface area contributed by atoms with Crippen molar-refractivity contribution >= 4 is 53.1 Å². The van der Waals surface area contributed by atoms with Crippen LogP contribution in [-0.2, 0) is 27.2 Å². The Bertz CT molecular complexity index is 1290. The number of hydrogen-bond donors (Lipinski definition) is 2. The molecule has 1 saturated heterocycles. The molecule has 0 spiro atoms. The highest BCUT2D eigenvalue weighted by molar-refractivity contribution is 8.01. The van der Waals surface area contributed by atoms with Gasteiger partial charge in [0.15, 0.2) is 0 Å². The van der Waals surface area contributed by atoms with Crippen molar-refractivity contribution in [2.24, 2.45) is 0 Å². The number of amides is 2. The number of H-pyrrole nitrogens is 1. The molecular formula is C22H21F3N6O4S3. The fourth-order valence-corrected chi connectivity index (χ4v) is 7.30. The molecule has 2 unspecified atom stereocenters. The van der Waals surface area contributed by atoms with Crippen LogP contribution in [0, 0.1) is 0 Å². The molecule has 16 heteroatoms. The van der Waals surface area contributed by atoms with Gasteiger partial charge in [-0.05, 0) is 72.0 Å². The number of esters is 1. The van der Waals surface area contributed by atoms with Gasteiger partial charge in [-0.1, -0.05) is 17.8 Å². The molecule has 2 aromatic rings. The molecule has 1 fully saturated rings. The monoisotopic (exact) mass is 586 g/mol. The lowest BCUT2D eigenvalue weighted by molar-refractivity contribution is -0.149. The van der Waals surface area contributed by atoms with Crippen molar-refractivity contribution in [3.63, 3.8) is 0 Å². The lowest BCUT2D eigenvalue weighted by Gasteiger charge is -2.50. The van der Waals surface area contributed by atoms with E-state index in [4.69, 9.17) is 4.74 Å². The molecule has 3 heterocycles. The lowest BCUT2D eigenvalue weighted by Crippen LogP contribution is -2.71. The van der Waals surface area contributed by atoms with Gasteiger partial charge in [0, 0.05) is 11.0 Å². The standard InChI is InChI=1S/C22H21F3N6O4S3/c1-10(38-21-27-29-30-28-21)14-8-36-19-16(26-15(32)9-37-22(23,24)25)18(33)31(19)17(14)20(34)35-13-6-5-11-3-2-4-12(11)7-13/h5-7,10,16,19H,2-4,8-9H2,1H3,(H,26,32)(H,27,28,29,30)/t10?,16?,19-/m1/s1. The molecule has 0 saturated carbocycles. The summed E-state index contributed by atoms with van der Waals surface area (Å²) in [4.78, 5) is 40.0. The van der Waals surface area contributed by atoms with E-state index in [-0.39, 0.29) is 10.9 Å². The van der Waals surface area contributed by atoms with Gasteiger partial charge in [0.1, 0.15) is 22.9 Å². The fraction of sp³-hybridized carbons (Fsp3) is 0.455. The SMILES string of the molecule is CC(Sc1nn[nH]n1)C1=C(C(=O)Oc2ccc3c(c2)CCC3)N2C(=O)C(NC(=O)CSC(F)(F)F)[C@H]2SC1. The number of carbonyl (C=O) groups is 3. The number of carbonyl (C=O) groups excluding carboxylic acids is 3. The Morgan fingerprint density at radius 3 is 2.84 bits per heavy atom. The Labute approximate surface area is 227 Å². The number of nitrogens with zero attached hydrogens (tertiary/aromatic N) is 4. The second-order valence-electron chi connectivity index (χ2n) is 8.69. The number of β-lactam (4-membered cyclic amide) rings is 1. The maximum atomic E-state index is 13.5. The number of aromatic amines is 1. The molecule has 5 rings (SSSR count). The first-order valence-corrected chi connectivity index (χ1v) is 14.4. The van der Waals surface area contributed by atoms with E-state index in [1.165, 1.54) is 34.0 Å². The Morgan fingerprint density at radius 1 is 1.32 bits per heavy atom. The van der Waals surface area contributed by atoms with Gasteiger partial charge in [0.2, 0.25) is 11.1 Å². The minimum atomic E-state index is -4.56. The highest BCUT2D eigenvalue weighted by atomic mass is 32.2. The van der Waals surface area contributed by atoms with Crippen molar-refractivity contribution in [1.29, 1.82) is 0 Å². The van der Waals surface area contributed by atoms with Crippen molar-refractivity contribution in [3.05, 3.63) is 40.6 Å². The third kappa shape index (κ3) is 5.66. The van der Waals surface area contributed by atoms with Crippen LogP contribution < -0.4 is 10.1 Å². The molecule has 0 bridgehead atoms. The van der Waals surface area contributed by atoms with Gasteiger partial charge in [-0.3, -0.25) is 14.5 Å². The third-order valence-corrected chi connectivity index (χ3v) is 9.31. The van der Waals surface area contributed by atoms with Crippen LogP contribution in [-0.4, -0.2) is 77.0 Å². The molecule has 0 radical (unpaired) electrons. The number of aromatic nitrogens is 4. The second kappa shape index (κ2) is 10.8. The quantitative estimate of drug-likeness (QED) is 0.206. The van der Waals surface area contributed by atoms with Crippen LogP contribution in [0.15, 0.2) is 34.6 Å². The zero-order valence-electron chi connectivity index (χ0n) is 19.8. The molecule has 38 heavy (non-hydrogen) atoms. The van der Waals surface area contributed by atoms with Crippen LogP contribution >= 0.6 is 35.3 Å². The number of ether oxygens (including phenoxy) is 1. The number of rotatable bonds is 8. The maximum absolute atomic E-state index is 13.5. The van der Waals surface area contributed by atoms with Crippen molar-refractivity contribution < 1.29 is 32.3 Å². The summed E-state index contributed by atoms with van der Waals surface area (Å²) in [7, 11) is 0. The molecule has 1 aromatic heterocycles. The van der Waals surface area contributed by atoms with Crippen LogP contribution in [0.4, 0.5) is 13.2 Å². The zero-order valence-corrected chi connectivity index (χ0v) is 22.2. The number of nitrogens with one attached hydrogen (secondary N) is 2. The van der Waals surface area contributed by atoms with Gasteiger partial charge in [-0.2, -0.15) is 18.4 Å². The van der Waals surface area contributed by atoms with E-state index in [1.807, 2.05) is 19.1 Å². The first kappa shape index (κ1) is 26.9. The second-order valence-corrected chi connectivity index (χ2v) is 12.1. The molecular weight excluding hydrogens is 565 g/mol. The largest absolute Gasteiger partial charge is 0.442 e. The number of thioether (sulfide) groups is 3. The summed E-state index contributed by atoms with van der Waals surface area (Å²) in [6.07, 6.45) is 2.90. The van der Waals surface area contributed by atoms with E-state index in [1.54, 1.807) is 6.07 Å². The van der Waals surface area contributed by atoms with Crippen molar-refractivity contribution in [2.75, 3.05) is 11.5 Å². The van der Waals surface area contributed by atoms with E-state index in [0.717, 1.165) is 24.8 Å². The van der Waals surface area contributed by atoms with Crippen molar-refractivity contribution in [1.82, 2.24) is 30.8 Å². The van der Waals surface area contributed by atoms with Gasteiger partial charge >= 0.3 is 11.5 Å². The molecule has 2 aliphatic heterocycles. The highest BCUT2D eigenvalue weighted by Gasteiger charge is 2.55. The van der Waals surface area contributed by atoms with Crippen LogP contribution in [0.1, 0.15) is 24.5 Å². The fourth-order valence-electron chi connectivity index (χ4n) is 4.50. The number of halogens is 3. The van der Waals surface area contributed by atoms with Crippen LogP contribution in [0.5, 0.6) is 5.75 Å². The summed E-state index contributed by atoms with van der Waals surface area (Å²) in [5.41, 5.74) is -1.58. The number of benzene rings is 1. The molecule has 1 aromatic carbocycles. The number of tetrazole rings is 1. The zero-order chi connectivity index (χ0) is 27.0. The smallest absolute Gasteiger partial charge is 0.422 e. The number of alkyl halides is 3. The molecule has 2 amide bonds. The molecule has 1 aliphatic carbocycles. The summed E-state index contributed by atoms with van der Waals surface area (Å²) < 4.78 is 43.1. The summed E-state index contributed by atoms with van der Waals surface area (Å²) in [5.74, 6) is -2.42. The Hall–Kier alpha value is -2.72. The van der Waals surface area contributed by atoms with Gasteiger partial charge < -0.3 is 10.1 Å². The normalized spacial score (nSPS) is 21.5. The first-order chi connectivity index (χ1) is 18.1. The third-order valence-electron chi connectivity index (χ3n) is 6.25. The van der Waals surface area contributed by atoms with E-state index >= 15 is 0 Å². The average Bonchev–Trinajstić information content (AvgIpc) is 3.56. The Kier molecular flexibility index (Phi) is 7.64. The van der Waals surface area contributed by atoms with Gasteiger partial charge in [0.05, 0.1) is 5.75 Å². The van der Waals surface area contributed by atoms with E-state index in [9.17, 15) is 27.6 Å². The van der Waals surface area contributed by atoms with Gasteiger partial charge in [0.25, 0.3) is 5.91 Å². The highest BCUT2D eigenvalue weighted by Crippen LogP contribution is 2.44. The van der Waals surface area contributed by atoms with Crippen molar-refractivity contribution in [2.45, 2.75) is 53.5 Å². The van der Waals surface area contributed by atoms with E-state index < -0.39 is 52.2 Å².